The van der Waals surface area contributed by atoms with E-state index in [4.69, 9.17) is 20.2 Å². The highest BCUT2D eigenvalue weighted by Gasteiger charge is 2.34. The van der Waals surface area contributed by atoms with Gasteiger partial charge in [0.05, 0.1) is 36.8 Å². The van der Waals surface area contributed by atoms with Crippen LogP contribution in [0, 0.1) is 11.2 Å². The van der Waals surface area contributed by atoms with Gasteiger partial charge in [0, 0.05) is 28.6 Å². The van der Waals surface area contributed by atoms with Crippen molar-refractivity contribution < 1.29 is 13.9 Å². The predicted octanol–water partition coefficient (Wildman–Crippen LogP) is 4.36. The van der Waals surface area contributed by atoms with E-state index in [0.717, 1.165) is 5.56 Å². The van der Waals surface area contributed by atoms with Crippen molar-refractivity contribution in [3.8, 4) is 22.6 Å². The fourth-order valence-electron chi connectivity index (χ4n) is 3.59. The van der Waals surface area contributed by atoms with Crippen LogP contribution in [0.5, 0.6) is 0 Å². The van der Waals surface area contributed by atoms with Crippen molar-refractivity contribution in [1.82, 2.24) is 19.9 Å². The highest BCUT2D eigenvalue weighted by molar-refractivity contribution is 7.09. The normalized spacial score (nSPS) is 20.4. The quantitative estimate of drug-likeness (QED) is 0.360. The Kier molecular flexibility index (Phi) is 6.38. The molecule has 8 nitrogen and oxygen atoms in total. The van der Waals surface area contributed by atoms with E-state index in [0.29, 0.717) is 55.2 Å². The third-order valence-corrected chi connectivity index (χ3v) is 6.51. The van der Waals surface area contributed by atoms with E-state index in [1.807, 2.05) is 18.4 Å². The number of imidazole rings is 1. The van der Waals surface area contributed by atoms with Crippen LogP contribution in [-0.4, -0.2) is 39.7 Å². The summed E-state index contributed by atoms with van der Waals surface area (Å²) in [5.74, 6) is 0.694. The minimum absolute atomic E-state index is 0.235. The summed E-state index contributed by atoms with van der Waals surface area (Å²) >= 11 is 1.66. The highest BCUT2D eigenvalue weighted by Crippen LogP contribution is 2.35. The number of anilines is 1. The number of ether oxygens (including phenoxy) is 2. The molecule has 1 aromatic carbocycles. The molecule has 0 bridgehead atoms. The number of halogens is 1. The first-order valence-electron chi connectivity index (χ1n) is 10.9. The first-order chi connectivity index (χ1) is 16.5. The number of hydrogen-bond donors (Lipinski definition) is 3. The summed E-state index contributed by atoms with van der Waals surface area (Å²) in [4.78, 5) is 18.3. The number of aromatic nitrogens is 4. The third-order valence-electron chi connectivity index (χ3n) is 5.63. The molecule has 4 N–H and O–H groups in total. The number of aromatic amines is 1. The monoisotopic (exact) mass is 480 g/mol. The van der Waals surface area contributed by atoms with E-state index in [2.05, 4.69) is 26.3 Å². The molecule has 4 aromatic rings. The van der Waals surface area contributed by atoms with Gasteiger partial charge >= 0.3 is 0 Å². The second kappa shape index (κ2) is 9.59. The van der Waals surface area contributed by atoms with Crippen LogP contribution in [0.2, 0.25) is 0 Å². The van der Waals surface area contributed by atoms with E-state index in [1.165, 1.54) is 17.0 Å². The van der Waals surface area contributed by atoms with Crippen molar-refractivity contribution in [3.05, 3.63) is 70.6 Å². The van der Waals surface area contributed by atoms with Gasteiger partial charge in [0.15, 0.2) is 5.82 Å². The minimum Gasteiger partial charge on any atom is -0.349 e. The van der Waals surface area contributed by atoms with Crippen LogP contribution in [0.3, 0.4) is 0 Å². The number of H-pyrrole nitrogens is 1. The molecule has 0 aliphatic carbocycles. The second-order valence-electron chi connectivity index (χ2n) is 8.52. The van der Waals surface area contributed by atoms with Gasteiger partial charge in [-0.25, -0.2) is 19.3 Å². The van der Waals surface area contributed by atoms with Gasteiger partial charge in [0.1, 0.15) is 5.82 Å². The molecule has 34 heavy (non-hydrogen) atoms. The molecule has 0 amide bonds. The van der Waals surface area contributed by atoms with Gasteiger partial charge in [0.2, 0.25) is 12.2 Å². The SMILES string of the molecule is CC1(CN)COC(c2nc(-c3ccc(F)cc3)c(-c3ccnc(NCc4cccs4)n3)[nH]2)OC1. The van der Waals surface area contributed by atoms with E-state index >= 15 is 0 Å². The zero-order valence-corrected chi connectivity index (χ0v) is 19.4. The molecule has 0 atom stereocenters. The van der Waals surface area contributed by atoms with E-state index < -0.39 is 6.29 Å². The molecule has 1 fully saturated rings. The topological polar surface area (TPSA) is 111 Å². The fraction of sp³-hybridized carbons (Fsp3) is 0.292. The third kappa shape index (κ3) is 4.85. The Balaban J connectivity index is 1.47. The summed E-state index contributed by atoms with van der Waals surface area (Å²) in [6.45, 7) is 4.03. The Bertz CT molecular complexity index is 1240. The molecule has 1 aliphatic rings. The second-order valence-corrected chi connectivity index (χ2v) is 9.55. The summed E-state index contributed by atoms with van der Waals surface area (Å²) in [6.07, 6.45) is 1.03. The zero-order chi connectivity index (χ0) is 23.5. The maximum atomic E-state index is 13.6. The molecule has 5 rings (SSSR count). The van der Waals surface area contributed by atoms with Crippen LogP contribution < -0.4 is 11.1 Å². The van der Waals surface area contributed by atoms with Crippen molar-refractivity contribution >= 4 is 17.3 Å². The van der Waals surface area contributed by atoms with Crippen molar-refractivity contribution in [1.29, 1.82) is 0 Å². The summed E-state index contributed by atoms with van der Waals surface area (Å²) in [5.41, 5.74) is 8.29. The molecule has 0 unspecified atom stereocenters. The van der Waals surface area contributed by atoms with Crippen molar-refractivity contribution in [3.63, 3.8) is 0 Å². The van der Waals surface area contributed by atoms with Crippen LogP contribution in [0.1, 0.15) is 23.9 Å². The van der Waals surface area contributed by atoms with Gasteiger partial charge in [-0.05, 0) is 41.8 Å². The Labute approximate surface area is 200 Å². The Hall–Kier alpha value is -3.18. The number of hydrogen-bond acceptors (Lipinski definition) is 8. The van der Waals surface area contributed by atoms with Gasteiger partial charge in [-0.15, -0.1) is 11.3 Å². The van der Waals surface area contributed by atoms with Gasteiger partial charge in [-0.3, -0.25) is 0 Å². The van der Waals surface area contributed by atoms with Crippen molar-refractivity contribution in [2.45, 2.75) is 19.8 Å². The molecule has 4 heterocycles. The number of thiophene rings is 1. The largest absolute Gasteiger partial charge is 0.349 e. The Morgan fingerprint density at radius 3 is 2.68 bits per heavy atom. The highest BCUT2D eigenvalue weighted by atomic mass is 32.1. The Morgan fingerprint density at radius 1 is 1.18 bits per heavy atom. The molecule has 1 saturated heterocycles. The molecule has 0 radical (unpaired) electrons. The molecular weight excluding hydrogens is 455 g/mol. The average Bonchev–Trinajstić information content (AvgIpc) is 3.55. The van der Waals surface area contributed by atoms with E-state index in [9.17, 15) is 4.39 Å². The minimum atomic E-state index is -0.661. The van der Waals surface area contributed by atoms with Crippen LogP contribution in [0.15, 0.2) is 54.0 Å². The lowest BCUT2D eigenvalue weighted by atomic mass is 9.93. The number of rotatable bonds is 7. The number of nitrogens with zero attached hydrogens (tertiary/aromatic N) is 3. The molecule has 0 spiro atoms. The molecule has 10 heteroatoms. The maximum Gasteiger partial charge on any atom is 0.223 e. The molecule has 3 aromatic heterocycles. The van der Waals surface area contributed by atoms with Crippen molar-refractivity contribution in [2.24, 2.45) is 11.1 Å². The summed E-state index contributed by atoms with van der Waals surface area (Å²) < 4.78 is 25.4. The molecule has 176 valence electrons. The lowest BCUT2D eigenvalue weighted by Crippen LogP contribution is -2.42. The lowest BCUT2D eigenvalue weighted by molar-refractivity contribution is -0.231. The molecular formula is C24H25FN6O2S. The predicted molar refractivity (Wildman–Crippen MR) is 128 cm³/mol. The van der Waals surface area contributed by atoms with Gasteiger partial charge in [-0.2, -0.15) is 0 Å². The zero-order valence-electron chi connectivity index (χ0n) is 18.6. The van der Waals surface area contributed by atoms with Gasteiger partial charge < -0.3 is 25.5 Å². The molecule has 1 aliphatic heterocycles. The number of nitrogens with one attached hydrogen (secondary N) is 2. The van der Waals surface area contributed by atoms with Crippen LogP contribution in [0.4, 0.5) is 10.3 Å². The standard InChI is InChI=1S/C24H25FN6O2S/c1-24(12-26)13-32-22(33-14-24)21-30-19(15-4-6-16(25)7-5-15)20(31-21)18-8-9-27-23(29-18)28-11-17-3-2-10-34-17/h2-10,22H,11-14,26H2,1H3,(H,30,31)(H,27,28,29). The van der Waals surface area contributed by atoms with Crippen molar-refractivity contribution in [2.75, 3.05) is 25.1 Å². The van der Waals surface area contributed by atoms with E-state index in [-0.39, 0.29) is 11.2 Å². The summed E-state index contributed by atoms with van der Waals surface area (Å²) in [5, 5.41) is 5.28. The first-order valence-corrected chi connectivity index (χ1v) is 11.8. The van der Waals surface area contributed by atoms with Crippen LogP contribution >= 0.6 is 11.3 Å². The molecule has 0 saturated carbocycles. The summed E-state index contributed by atoms with van der Waals surface area (Å²) in [6, 6.07) is 12.0. The smallest absolute Gasteiger partial charge is 0.223 e. The van der Waals surface area contributed by atoms with Crippen LogP contribution in [-0.2, 0) is 16.0 Å². The lowest BCUT2D eigenvalue weighted by Gasteiger charge is -2.35. The van der Waals surface area contributed by atoms with Gasteiger partial charge in [0.25, 0.3) is 0 Å². The van der Waals surface area contributed by atoms with Crippen LogP contribution in [0.25, 0.3) is 22.6 Å². The van der Waals surface area contributed by atoms with Gasteiger partial charge in [-0.1, -0.05) is 13.0 Å². The Morgan fingerprint density at radius 2 is 1.97 bits per heavy atom. The number of nitrogens with two attached hydrogens (primary N) is 1. The number of benzene rings is 1. The summed E-state index contributed by atoms with van der Waals surface area (Å²) in [7, 11) is 0. The maximum absolute atomic E-state index is 13.6. The fourth-order valence-corrected chi connectivity index (χ4v) is 4.23. The average molecular weight is 481 g/mol. The first kappa shape index (κ1) is 22.6. The van der Waals surface area contributed by atoms with E-state index in [1.54, 1.807) is 35.7 Å².